The van der Waals surface area contributed by atoms with Crippen molar-refractivity contribution in [2.24, 2.45) is 0 Å². The van der Waals surface area contributed by atoms with Gasteiger partial charge in [-0.05, 0) is 43.4 Å². The van der Waals surface area contributed by atoms with Crippen LogP contribution in [0.4, 0.5) is 8.78 Å². The first kappa shape index (κ1) is 19.7. The Bertz CT molecular complexity index is 669. The van der Waals surface area contributed by atoms with Crippen LogP contribution in [0.1, 0.15) is 31.2 Å². The summed E-state index contributed by atoms with van der Waals surface area (Å²) >= 11 is 0. The molecule has 5 nitrogen and oxygen atoms in total. The molecule has 2 fully saturated rings. The molecule has 3 rings (SSSR count). The van der Waals surface area contributed by atoms with Gasteiger partial charge in [-0.25, -0.2) is 8.78 Å². The summed E-state index contributed by atoms with van der Waals surface area (Å²) in [5, 5.41) is 0. The molecule has 2 heterocycles. The summed E-state index contributed by atoms with van der Waals surface area (Å²) in [7, 11) is 0. The quantitative estimate of drug-likeness (QED) is 0.787. The highest BCUT2D eigenvalue weighted by Crippen LogP contribution is 2.13. The first-order chi connectivity index (χ1) is 13.0. The molecule has 0 saturated carbocycles. The molecule has 0 atom stereocenters. The van der Waals surface area contributed by atoms with Crippen molar-refractivity contribution < 1.29 is 18.4 Å². The van der Waals surface area contributed by atoms with E-state index >= 15 is 0 Å². The van der Waals surface area contributed by atoms with Gasteiger partial charge in [0.1, 0.15) is 0 Å². The second-order valence-corrected chi connectivity index (χ2v) is 7.35. The standard InChI is InChI=1S/C20H27F2N3O2/c21-17-6-4-16(14-18(17)22)5-7-19(26)25-12-10-23(11-13-25)15-20(27)24-8-2-1-3-9-24/h4,6,14H,1-3,5,7-13,15H2. The van der Waals surface area contributed by atoms with Crippen LogP contribution in [0.25, 0.3) is 0 Å². The van der Waals surface area contributed by atoms with Gasteiger partial charge in [0.15, 0.2) is 11.6 Å². The second kappa shape index (κ2) is 9.26. The van der Waals surface area contributed by atoms with Gasteiger partial charge in [-0.3, -0.25) is 14.5 Å². The fourth-order valence-electron chi connectivity index (χ4n) is 3.69. The predicted octanol–water partition coefficient (Wildman–Crippen LogP) is 2.05. The molecule has 1 aromatic carbocycles. The van der Waals surface area contributed by atoms with E-state index in [0.29, 0.717) is 44.7 Å². The Morgan fingerprint density at radius 3 is 2.15 bits per heavy atom. The molecule has 0 N–H and O–H groups in total. The van der Waals surface area contributed by atoms with Gasteiger partial charge in [0.25, 0.3) is 0 Å². The van der Waals surface area contributed by atoms with Crippen molar-refractivity contribution in [3.63, 3.8) is 0 Å². The molecule has 2 aliphatic rings. The number of piperidine rings is 1. The highest BCUT2D eigenvalue weighted by atomic mass is 19.2. The van der Waals surface area contributed by atoms with E-state index in [1.807, 2.05) is 4.90 Å². The van der Waals surface area contributed by atoms with Gasteiger partial charge in [-0.15, -0.1) is 0 Å². The molecule has 0 aromatic heterocycles. The number of aryl methyl sites for hydroxylation is 1. The Kier molecular flexibility index (Phi) is 6.77. The number of nitrogens with zero attached hydrogens (tertiary/aromatic N) is 3. The van der Waals surface area contributed by atoms with E-state index < -0.39 is 11.6 Å². The fraction of sp³-hybridized carbons (Fsp3) is 0.600. The van der Waals surface area contributed by atoms with Gasteiger partial charge < -0.3 is 9.80 Å². The lowest BCUT2D eigenvalue weighted by atomic mass is 10.1. The zero-order valence-electron chi connectivity index (χ0n) is 15.6. The summed E-state index contributed by atoms with van der Waals surface area (Å²) in [6, 6.07) is 3.75. The number of amides is 2. The Labute approximate surface area is 158 Å². The van der Waals surface area contributed by atoms with Crippen molar-refractivity contribution in [2.45, 2.75) is 32.1 Å². The number of likely N-dealkylation sites (tertiary alicyclic amines) is 1. The number of rotatable bonds is 5. The van der Waals surface area contributed by atoms with E-state index in [1.54, 1.807) is 4.90 Å². The molecular formula is C20H27F2N3O2. The van der Waals surface area contributed by atoms with E-state index in [9.17, 15) is 18.4 Å². The van der Waals surface area contributed by atoms with E-state index in [4.69, 9.17) is 0 Å². The van der Waals surface area contributed by atoms with Crippen molar-refractivity contribution in [3.05, 3.63) is 35.4 Å². The van der Waals surface area contributed by atoms with Gasteiger partial charge in [0, 0.05) is 45.7 Å². The summed E-state index contributed by atoms with van der Waals surface area (Å²) in [4.78, 5) is 30.6. The van der Waals surface area contributed by atoms with E-state index in [-0.39, 0.29) is 18.2 Å². The Hall–Kier alpha value is -2.02. The van der Waals surface area contributed by atoms with E-state index in [0.717, 1.165) is 38.1 Å². The number of piperazine rings is 1. The second-order valence-electron chi connectivity index (χ2n) is 7.35. The largest absolute Gasteiger partial charge is 0.342 e. The minimum Gasteiger partial charge on any atom is -0.342 e. The summed E-state index contributed by atoms with van der Waals surface area (Å²) in [5.41, 5.74) is 0.619. The monoisotopic (exact) mass is 379 g/mol. The molecule has 1 aromatic rings. The van der Waals surface area contributed by atoms with Crippen LogP contribution in [-0.4, -0.2) is 72.3 Å². The lowest BCUT2D eigenvalue weighted by Crippen LogP contribution is -2.52. The van der Waals surface area contributed by atoms with Crippen molar-refractivity contribution in [3.8, 4) is 0 Å². The first-order valence-electron chi connectivity index (χ1n) is 9.75. The third kappa shape index (κ3) is 5.48. The normalized spacial score (nSPS) is 18.6. The van der Waals surface area contributed by atoms with Crippen LogP contribution in [0.5, 0.6) is 0 Å². The Morgan fingerprint density at radius 1 is 0.815 bits per heavy atom. The Balaban J connectivity index is 1.39. The maximum Gasteiger partial charge on any atom is 0.236 e. The molecule has 0 spiro atoms. The van der Waals surface area contributed by atoms with Crippen molar-refractivity contribution in [1.29, 1.82) is 0 Å². The van der Waals surface area contributed by atoms with Crippen LogP contribution in [0.3, 0.4) is 0 Å². The van der Waals surface area contributed by atoms with Crippen LogP contribution in [0.15, 0.2) is 18.2 Å². The lowest BCUT2D eigenvalue weighted by molar-refractivity contribution is -0.135. The SMILES string of the molecule is O=C(CCc1ccc(F)c(F)c1)N1CCN(CC(=O)N2CCCCC2)CC1. The van der Waals surface area contributed by atoms with Gasteiger partial charge in [0.05, 0.1) is 6.54 Å². The number of halogens is 2. The molecule has 0 aliphatic carbocycles. The topological polar surface area (TPSA) is 43.9 Å². The van der Waals surface area contributed by atoms with E-state index in [1.165, 1.54) is 12.5 Å². The highest BCUT2D eigenvalue weighted by Gasteiger charge is 2.24. The maximum absolute atomic E-state index is 13.2. The molecular weight excluding hydrogens is 352 g/mol. The number of carbonyl (C=O) groups is 2. The Morgan fingerprint density at radius 2 is 1.48 bits per heavy atom. The molecule has 2 aliphatic heterocycles. The van der Waals surface area contributed by atoms with Crippen LogP contribution in [0.2, 0.25) is 0 Å². The predicted molar refractivity (Wildman–Crippen MR) is 98.1 cm³/mol. The lowest BCUT2D eigenvalue weighted by Gasteiger charge is -2.36. The zero-order valence-corrected chi connectivity index (χ0v) is 15.6. The number of hydrogen-bond donors (Lipinski definition) is 0. The van der Waals surface area contributed by atoms with Gasteiger partial charge in [-0.2, -0.15) is 0 Å². The zero-order chi connectivity index (χ0) is 19.2. The maximum atomic E-state index is 13.2. The minimum absolute atomic E-state index is 0.0155. The molecule has 0 unspecified atom stereocenters. The first-order valence-corrected chi connectivity index (χ1v) is 9.75. The smallest absolute Gasteiger partial charge is 0.236 e. The highest BCUT2D eigenvalue weighted by molar-refractivity contribution is 5.78. The molecule has 0 radical (unpaired) electrons. The molecule has 0 bridgehead atoms. The van der Waals surface area contributed by atoms with Crippen molar-refractivity contribution in [2.75, 3.05) is 45.8 Å². The number of hydrogen-bond acceptors (Lipinski definition) is 3. The van der Waals surface area contributed by atoms with Crippen LogP contribution < -0.4 is 0 Å². The van der Waals surface area contributed by atoms with Crippen molar-refractivity contribution >= 4 is 11.8 Å². The molecule has 148 valence electrons. The van der Waals surface area contributed by atoms with Crippen LogP contribution in [-0.2, 0) is 16.0 Å². The van der Waals surface area contributed by atoms with E-state index in [2.05, 4.69) is 4.90 Å². The van der Waals surface area contributed by atoms with Gasteiger partial charge in [0.2, 0.25) is 11.8 Å². The molecule has 2 saturated heterocycles. The van der Waals surface area contributed by atoms with Crippen LogP contribution in [0, 0.1) is 11.6 Å². The third-order valence-electron chi connectivity index (χ3n) is 5.40. The fourth-order valence-corrected chi connectivity index (χ4v) is 3.69. The minimum atomic E-state index is -0.882. The average Bonchev–Trinajstić information content (AvgIpc) is 2.70. The van der Waals surface area contributed by atoms with Gasteiger partial charge in [-0.1, -0.05) is 6.07 Å². The molecule has 7 heteroatoms. The summed E-state index contributed by atoms with van der Waals surface area (Å²) < 4.78 is 26.2. The van der Waals surface area contributed by atoms with Crippen LogP contribution >= 0.6 is 0 Å². The third-order valence-corrected chi connectivity index (χ3v) is 5.40. The number of benzene rings is 1. The average molecular weight is 379 g/mol. The summed E-state index contributed by atoms with van der Waals surface area (Å²) in [5.74, 6) is -1.55. The summed E-state index contributed by atoms with van der Waals surface area (Å²) in [6.45, 7) is 4.74. The van der Waals surface area contributed by atoms with Gasteiger partial charge >= 0.3 is 0 Å². The molecule has 27 heavy (non-hydrogen) atoms. The van der Waals surface area contributed by atoms with Crippen molar-refractivity contribution in [1.82, 2.24) is 14.7 Å². The molecule has 2 amide bonds. The number of carbonyl (C=O) groups excluding carboxylic acids is 2. The summed E-state index contributed by atoms with van der Waals surface area (Å²) in [6.07, 6.45) is 4.05.